The lowest BCUT2D eigenvalue weighted by Crippen LogP contribution is -1.98. The number of aliphatic imine (C=N–C) groups is 1. The molecule has 0 aliphatic rings. The molecular weight excluding hydrogens is 202 g/mol. The van der Waals surface area contributed by atoms with Crippen molar-refractivity contribution in [3.8, 4) is 5.75 Å². The van der Waals surface area contributed by atoms with Crippen LogP contribution < -0.4 is 4.74 Å². The van der Waals surface area contributed by atoms with E-state index in [1.807, 2.05) is 24.3 Å². The topological polar surface area (TPSA) is 38.7 Å². The van der Waals surface area contributed by atoms with Crippen LogP contribution in [0.1, 0.15) is 5.56 Å². The lowest BCUT2D eigenvalue weighted by Gasteiger charge is -2.03. The summed E-state index contributed by atoms with van der Waals surface area (Å²) in [7, 11) is 1.61. The van der Waals surface area contributed by atoms with Gasteiger partial charge in [0, 0.05) is 6.42 Å². The Labute approximate surface area is 87.4 Å². The number of benzene rings is 1. The second-order valence-corrected chi connectivity index (χ2v) is 3.21. The van der Waals surface area contributed by atoms with E-state index in [-0.39, 0.29) is 0 Å². The van der Waals surface area contributed by atoms with Gasteiger partial charge in [-0.1, -0.05) is 23.7 Å². The Balaban J connectivity index is 2.63. The molecule has 74 valence electrons. The highest BCUT2D eigenvalue weighted by atomic mass is 35.5. The molecule has 4 heteroatoms. The lowest BCUT2D eigenvalue weighted by atomic mass is 10.1. The average Bonchev–Trinajstić information content (AvgIpc) is 2.19. The first-order valence-electron chi connectivity index (χ1n) is 4.10. The van der Waals surface area contributed by atoms with Crippen LogP contribution in [0.4, 0.5) is 0 Å². The zero-order chi connectivity index (χ0) is 10.4. The summed E-state index contributed by atoms with van der Waals surface area (Å²) >= 11 is 5.73. The van der Waals surface area contributed by atoms with Crippen molar-refractivity contribution in [2.75, 3.05) is 7.11 Å². The molecule has 1 rings (SSSR count). The van der Waals surface area contributed by atoms with Gasteiger partial charge in [0.2, 0.25) is 6.08 Å². The summed E-state index contributed by atoms with van der Waals surface area (Å²) in [5.74, 6) is 0.791. The number of ether oxygens (including phenoxy) is 1. The third-order valence-electron chi connectivity index (χ3n) is 1.76. The van der Waals surface area contributed by atoms with Crippen LogP contribution >= 0.6 is 11.6 Å². The predicted molar refractivity (Wildman–Crippen MR) is 54.5 cm³/mol. The van der Waals surface area contributed by atoms with Crippen LogP contribution in [0.5, 0.6) is 5.75 Å². The minimum absolute atomic E-state index is 0.515. The fraction of sp³-hybridized carbons (Fsp3) is 0.300. The molecule has 1 atom stereocenters. The molecular formula is C10H10ClNO2. The third kappa shape index (κ3) is 3.21. The zero-order valence-electron chi connectivity index (χ0n) is 7.74. The van der Waals surface area contributed by atoms with E-state index >= 15 is 0 Å². The van der Waals surface area contributed by atoms with Crippen LogP contribution in [0.2, 0.25) is 0 Å². The molecule has 1 unspecified atom stereocenters. The molecule has 3 nitrogen and oxygen atoms in total. The number of halogens is 1. The summed E-state index contributed by atoms with van der Waals surface area (Å²) < 4.78 is 5.00. The van der Waals surface area contributed by atoms with E-state index in [4.69, 9.17) is 16.3 Å². The van der Waals surface area contributed by atoms with Crippen LogP contribution in [-0.2, 0) is 11.2 Å². The number of carbonyl (C=O) groups excluding carboxylic acids is 1. The van der Waals surface area contributed by atoms with Crippen molar-refractivity contribution in [2.45, 2.75) is 11.9 Å². The van der Waals surface area contributed by atoms with Crippen LogP contribution in [0.25, 0.3) is 0 Å². The Morgan fingerprint density at radius 1 is 1.50 bits per heavy atom. The normalized spacial score (nSPS) is 11.6. The van der Waals surface area contributed by atoms with Gasteiger partial charge in [0.15, 0.2) is 0 Å². The van der Waals surface area contributed by atoms with Crippen LogP contribution in [0, 0.1) is 0 Å². The van der Waals surface area contributed by atoms with Gasteiger partial charge in [0.25, 0.3) is 0 Å². The standard InChI is InChI=1S/C10H10ClNO2/c1-14-9-4-2-8(3-5-9)6-10(11)12-7-13/h2-5,10H,6H2,1H3. The maximum absolute atomic E-state index is 9.91. The summed E-state index contributed by atoms with van der Waals surface area (Å²) in [6, 6.07) is 7.44. The number of alkyl halides is 1. The highest BCUT2D eigenvalue weighted by Gasteiger charge is 2.03. The number of nitrogens with zero attached hydrogens (tertiary/aromatic N) is 1. The van der Waals surface area contributed by atoms with E-state index in [0.29, 0.717) is 6.42 Å². The molecule has 0 saturated heterocycles. The van der Waals surface area contributed by atoms with E-state index in [1.54, 1.807) is 7.11 Å². The predicted octanol–water partition coefficient (Wildman–Crippen LogP) is 2.14. The van der Waals surface area contributed by atoms with Crippen LogP contribution in [0.15, 0.2) is 29.3 Å². The first-order chi connectivity index (χ1) is 6.76. The molecule has 0 fully saturated rings. The minimum atomic E-state index is -0.541. The second-order valence-electron chi connectivity index (χ2n) is 2.71. The smallest absolute Gasteiger partial charge is 0.236 e. The SMILES string of the molecule is COc1ccc(CC(Cl)N=C=O)cc1. The number of hydrogen-bond acceptors (Lipinski definition) is 3. The van der Waals surface area contributed by atoms with E-state index < -0.39 is 5.50 Å². The molecule has 0 saturated carbocycles. The van der Waals surface area contributed by atoms with Crippen molar-refractivity contribution >= 4 is 17.7 Å². The van der Waals surface area contributed by atoms with Gasteiger partial charge in [-0.05, 0) is 17.7 Å². The van der Waals surface area contributed by atoms with Crippen molar-refractivity contribution < 1.29 is 9.53 Å². The molecule has 0 aromatic heterocycles. The Morgan fingerprint density at radius 3 is 2.64 bits per heavy atom. The maximum Gasteiger partial charge on any atom is 0.236 e. The quantitative estimate of drug-likeness (QED) is 0.331. The van der Waals surface area contributed by atoms with Gasteiger partial charge in [-0.15, -0.1) is 0 Å². The highest BCUT2D eigenvalue weighted by Crippen LogP contribution is 2.14. The third-order valence-corrected chi connectivity index (χ3v) is 2.01. The number of methoxy groups -OCH3 is 1. The average molecular weight is 212 g/mol. The van der Waals surface area contributed by atoms with Gasteiger partial charge in [-0.3, -0.25) is 0 Å². The van der Waals surface area contributed by atoms with E-state index in [2.05, 4.69) is 4.99 Å². The van der Waals surface area contributed by atoms with Gasteiger partial charge in [0.1, 0.15) is 11.3 Å². The van der Waals surface area contributed by atoms with Crippen molar-refractivity contribution in [2.24, 2.45) is 4.99 Å². The molecule has 0 heterocycles. The van der Waals surface area contributed by atoms with Gasteiger partial charge in [-0.25, -0.2) is 4.79 Å². The first-order valence-corrected chi connectivity index (χ1v) is 4.54. The molecule has 1 aromatic carbocycles. The summed E-state index contributed by atoms with van der Waals surface area (Å²) in [6.07, 6.45) is 1.94. The molecule has 0 aliphatic heterocycles. The molecule has 0 bridgehead atoms. The van der Waals surface area contributed by atoms with Gasteiger partial charge in [-0.2, -0.15) is 4.99 Å². The van der Waals surface area contributed by atoms with Gasteiger partial charge < -0.3 is 4.74 Å². The Bertz CT molecular complexity index is 330. The lowest BCUT2D eigenvalue weighted by molar-refractivity contribution is 0.414. The summed E-state index contributed by atoms with van der Waals surface area (Å²) in [5.41, 5.74) is 0.464. The number of isocyanates is 1. The molecule has 0 amide bonds. The summed E-state index contributed by atoms with van der Waals surface area (Å²) in [6.45, 7) is 0. The highest BCUT2D eigenvalue weighted by molar-refractivity contribution is 6.20. The summed E-state index contributed by atoms with van der Waals surface area (Å²) in [4.78, 5) is 13.3. The maximum atomic E-state index is 9.91. The zero-order valence-corrected chi connectivity index (χ0v) is 8.49. The van der Waals surface area contributed by atoms with E-state index in [9.17, 15) is 4.79 Å². The largest absolute Gasteiger partial charge is 0.497 e. The fourth-order valence-corrected chi connectivity index (χ4v) is 1.28. The Morgan fingerprint density at radius 2 is 2.14 bits per heavy atom. The molecule has 0 aliphatic carbocycles. The molecule has 14 heavy (non-hydrogen) atoms. The number of rotatable bonds is 4. The van der Waals surface area contributed by atoms with Crippen molar-refractivity contribution in [3.05, 3.63) is 29.8 Å². The molecule has 0 N–H and O–H groups in total. The fourth-order valence-electron chi connectivity index (χ4n) is 1.06. The van der Waals surface area contributed by atoms with Gasteiger partial charge >= 0.3 is 0 Å². The van der Waals surface area contributed by atoms with E-state index in [0.717, 1.165) is 11.3 Å². The Kier molecular flexibility index (Phi) is 4.17. The van der Waals surface area contributed by atoms with Crippen LogP contribution in [-0.4, -0.2) is 18.7 Å². The number of hydrogen-bond donors (Lipinski definition) is 0. The first kappa shape index (κ1) is 10.8. The monoisotopic (exact) mass is 211 g/mol. The molecule has 0 radical (unpaired) electrons. The van der Waals surface area contributed by atoms with Crippen molar-refractivity contribution in [1.29, 1.82) is 0 Å². The van der Waals surface area contributed by atoms with Crippen molar-refractivity contribution in [3.63, 3.8) is 0 Å². The molecule has 0 spiro atoms. The van der Waals surface area contributed by atoms with Crippen LogP contribution in [0.3, 0.4) is 0 Å². The molecule has 1 aromatic rings. The summed E-state index contributed by atoms with van der Waals surface area (Å²) in [5, 5.41) is 0. The van der Waals surface area contributed by atoms with Crippen molar-refractivity contribution in [1.82, 2.24) is 0 Å². The second kappa shape index (κ2) is 5.43. The van der Waals surface area contributed by atoms with Gasteiger partial charge in [0.05, 0.1) is 7.11 Å². The van der Waals surface area contributed by atoms with E-state index in [1.165, 1.54) is 6.08 Å². The Hall–Kier alpha value is -1.31. The minimum Gasteiger partial charge on any atom is -0.497 e.